The number of sulfone groups is 1. The van der Waals surface area contributed by atoms with Gasteiger partial charge in [0.05, 0.1) is 16.7 Å². The van der Waals surface area contributed by atoms with E-state index in [9.17, 15) is 13.2 Å². The van der Waals surface area contributed by atoms with Gasteiger partial charge in [-0.2, -0.15) is 0 Å². The zero-order valence-corrected chi connectivity index (χ0v) is 9.53. The highest BCUT2D eigenvalue weighted by Crippen LogP contribution is 2.33. The molecule has 2 N–H and O–H groups in total. The van der Waals surface area contributed by atoms with Crippen LogP contribution in [0.3, 0.4) is 0 Å². The van der Waals surface area contributed by atoms with Crippen molar-refractivity contribution in [3.63, 3.8) is 0 Å². The molecule has 0 saturated heterocycles. The molecule has 1 aliphatic rings. The highest BCUT2D eigenvalue weighted by Gasteiger charge is 2.36. The third-order valence-corrected chi connectivity index (χ3v) is 4.93. The summed E-state index contributed by atoms with van der Waals surface area (Å²) in [5.74, 6) is -0.185. The summed E-state index contributed by atoms with van der Waals surface area (Å²) in [6, 6.07) is 6.00. The fourth-order valence-electron chi connectivity index (χ4n) is 1.52. The molecule has 16 heavy (non-hydrogen) atoms. The molecule has 1 fully saturated rings. The first kappa shape index (κ1) is 11.3. The molecule has 0 amide bonds. The number of carbonyl (C=O) groups excluding carboxylic acids is 1. The number of hydrogen-bond acceptors (Lipinski definition) is 4. The van der Waals surface area contributed by atoms with Gasteiger partial charge in [0.25, 0.3) is 0 Å². The van der Waals surface area contributed by atoms with Crippen molar-refractivity contribution in [3.8, 4) is 0 Å². The predicted octanol–water partition coefficient (Wildman–Crippen LogP) is 0.764. The molecule has 0 atom stereocenters. The Balaban J connectivity index is 2.29. The van der Waals surface area contributed by atoms with Crippen LogP contribution in [0.2, 0.25) is 0 Å². The molecule has 0 radical (unpaired) electrons. The van der Waals surface area contributed by atoms with Crippen LogP contribution in [0.5, 0.6) is 0 Å². The molecule has 0 heterocycles. The number of carbonyl (C=O) groups is 1. The van der Waals surface area contributed by atoms with Crippen molar-refractivity contribution in [2.24, 2.45) is 5.73 Å². The summed E-state index contributed by atoms with van der Waals surface area (Å²) in [5.41, 5.74) is 5.67. The summed E-state index contributed by atoms with van der Waals surface area (Å²) in [4.78, 5) is 11.5. The van der Waals surface area contributed by atoms with E-state index in [1.165, 1.54) is 24.3 Å². The maximum Gasteiger partial charge on any atom is 0.181 e. The lowest BCUT2D eigenvalue weighted by molar-refractivity contribution is 0.100. The molecule has 0 spiro atoms. The predicted molar refractivity (Wildman–Crippen MR) is 60.0 cm³/mol. The highest BCUT2D eigenvalue weighted by molar-refractivity contribution is 7.92. The van der Waals surface area contributed by atoms with Crippen LogP contribution in [0.15, 0.2) is 29.2 Å². The van der Waals surface area contributed by atoms with Crippen LogP contribution in [0, 0.1) is 0 Å². The van der Waals surface area contributed by atoms with Gasteiger partial charge in [0, 0.05) is 5.56 Å². The number of hydrogen-bond donors (Lipinski definition) is 1. The van der Waals surface area contributed by atoms with Gasteiger partial charge >= 0.3 is 0 Å². The molecular formula is C11H13NO3S. The molecule has 0 unspecified atom stereocenters. The van der Waals surface area contributed by atoms with Crippen molar-refractivity contribution in [3.05, 3.63) is 29.8 Å². The van der Waals surface area contributed by atoms with E-state index in [4.69, 9.17) is 5.73 Å². The molecule has 0 bridgehead atoms. The van der Waals surface area contributed by atoms with E-state index in [0.717, 1.165) is 12.8 Å². The van der Waals surface area contributed by atoms with Crippen LogP contribution >= 0.6 is 0 Å². The summed E-state index contributed by atoms with van der Waals surface area (Å²) in [5, 5.41) is -0.219. The highest BCUT2D eigenvalue weighted by atomic mass is 32.2. The fraction of sp³-hybridized carbons (Fsp3) is 0.364. The molecule has 1 saturated carbocycles. The third-order valence-electron chi connectivity index (χ3n) is 2.65. The van der Waals surface area contributed by atoms with Gasteiger partial charge in [-0.3, -0.25) is 4.79 Å². The Kier molecular flexibility index (Phi) is 2.82. The Morgan fingerprint density at radius 3 is 2.25 bits per heavy atom. The molecule has 5 heteroatoms. The average Bonchev–Trinajstić information content (AvgIpc) is 3.12. The monoisotopic (exact) mass is 239 g/mol. The van der Waals surface area contributed by atoms with E-state index in [2.05, 4.69) is 0 Å². The zero-order chi connectivity index (χ0) is 11.8. The van der Waals surface area contributed by atoms with Crippen molar-refractivity contribution in [1.29, 1.82) is 0 Å². The normalized spacial score (nSPS) is 16.1. The van der Waals surface area contributed by atoms with Crippen molar-refractivity contribution >= 4 is 15.6 Å². The van der Waals surface area contributed by atoms with E-state index in [0.29, 0.717) is 10.5 Å². The second kappa shape index (κ2) is 3.99. The molecule has 1 aromatic carbocycles. The SMILES string of the molecule is NCC(=O)c1ccc(S(=O)(=O)C2CC2)cc1. The van der Waals surface area contributed by atoms with Gasteiger partial charge < -0.3 is 5.73 Å². The number of benzene rings is 1. The van der Waals surface area contributed by atoms with Crippen molar-refractivity contribution in [1.82, 2.24) is 0 Å². The van der Waals surface area contributed by atoms with Gasteiger partial charge in [0.1, 0.15) is 0 Å². The molecule has 0 aliphatic heterocycles. The molecule has 2 rings (SSSR count). The Morgan fingerprint density at radius 2 is 1.81 bits per heavy atom. The minimum absolute atomic E-state index is 0.0608. The van der Waals surface area contributed by atoms with Crippen molar-refractivity contribution < 1.29 is 13.2 Å². The van der Waals surface area contributed by atoms with Crippen LogP contribution < -0.4 is 5.73 Å². The lowest BCUT2D eigenvalue weighted by atomic mass is 10.1. The van der Waals surface area contributed by atoms with Gasteiger partial charge in [0.15, 0.2) is 15.6 Å². The summed E-state index contributed by atoms with van der Waals surface area (Å²) in [6.45, 7) is -0.0608. The first-order valence-electron chi connectivity index (χ1n) is 5.13. The van der Waals surface area contributed by atoms with Gasteiger partial charge in [0.2, 0.25) is 0 Å². The summed E-state index contributed by atoms with van der Waals surface area (Å²) >= 11 is 0. The topological polar surface area (TPSA) is 77.2 Å². The van der Waals surface area contributed by atoms with Crippen LogP contribution in [-0.2, 0) is 9.84 Å². The smallest absolute Gasteiger partial charge is 0.181 e. The van der Waals surface area contributed by atoms with E-state index < -0.39 is 9.84 Å². The zero-order valence-electron chi connectivity index (χ0n) is 8.72. The van der Waals surface area contributed by atoms with E-state index >= 15 is 0 Å². The van der Waals surface area contributed by atoms with Crippen LogP contribution in [0.4, 0.5) is 0 Å². The second-order valence-electron chi connectivity index (χ2n) is 3.90. The second-order valence-corrected chi connectivity index (χ2v) is 6.12. The van der Waals surface area contributed by atoms with Crippen molar-refractivity contribution in [2.45, 2.75) is 23.0 Å². The first-order valence-corrected chi connectivity index (χ1v) is 6.67. The number of nitrogens with two attached hydrogens (primary N) is 1. The molecular weight excluding hydrogens is 226 g/mol. The Hall–Kier alpha value is -1.20. The molecule has 86 valence electrons. The Bertz CT molecular complexity index is 501. The standard InChI is InChI=1S/C11H13NO3S/c12-7-11(13)8-1-3-9(4-2-8)16(14,15)10-5-6-10/h1-4,10H,5-7,12H2. The Morgan fingerprint density at radius 1 is 1.25 bits per heavy atom. The maximum absolute atomic E-state index is 11.8. The average molecular weight is 239 g/mol. The first-order chi connectivity index (χ1) is 7.55. The number of ketones is 1. The lowest BCUT2D eigenvalue weighted by Crippen LogP contribution is -2.14. The summed E-state index contributed by atoms with van der Waals surface area (Å²) in [6.07, 6.45) is 1.48. The summed E-state index contributed by atoms with van der Waals surface area (Å²) in [7, 11) is -3.16. The summed E-state index contributed by atoms with van der Waals surface area (Å²) < 4.78 is 23.7. The minimum Gasteiger partial charge on any atom is -0.324 e. The van der Waals surface area contributed by atoms with Crippen LogP contribution in [0.1, 0.15) is 23.2 Å². The fourth-order valence-corrected chi connectivity index (χ4v) is 3.18. The molecule has 1 aliphatic carbocycles. The quantitative estimate of drug-likeness (QED) is 0.787. The van der Waals surface area contributed by atoms with Gasteiger partial charge in [-0.25, -0.2) is 8.42 Å². The third kappa shape index (κ3) is 2.01. The number of Topliss-reactive ketones (excluding diaryl/α,β-unsaturated/α-hetero) is 1. The van der Waals surface area contributed by atoms with E-state index in [-0.39, 0.29) is 17.6 Å². The molecule has 0 aromatic heterocycles. The van der Waals surface area contributed by atoms with Crippen molar-refractivity contribution in [2.75, 3.05) is 6.54 Å². The van der Waals surface area contributed by atoms with Crippen LogP contribution in [0.25, 0.3) is 0 Å². The Labute approximate surface area is 94.4 Å². The van der Waals surface area contributed by atoms with Gasteiger partial charge in [-0.05, 0) is 25.0 Å². The molecule has 1 aromatic rings. The number of rotatable bonds is 4. The maximum atomic E-state index is 11.8. The molecule has 4 nitrogen and oxygen atoms in total. The minimum atomic E-state index is -3.16. The van der Waals surface area contributed by atoms with E-state index in [1.807, 2.05) is 0 Å². The lowest BCUT2D eigenvalue weighted by Gasteiger charge is -2.03. The van der Waals surface area contributed by atoms with Crippen LogP contribution in [-0.4, -0.2) is 26.0 Å². The van der Waals surface area contributed by atoms with Gasteiger partial charge in [-0.15, -0.1) is 0 Å². The van der Waals surface area contributed by atoms with E-state index in [1.54, 1.807) is 0 Å². The largest absolute Gasteiger partial charge is 0.324 e. The van der Waals surface area contributed by atoms with Gasteiger partial charge in [-0.1, -0.05) is 12.1 Å².